The molecule has 3 nitrogen and oxygen atoms in total. The summed E-state index contributed by atoms with van der Waals surface area (Å²) in [5, 5.41) is 7.01. The summed E-state index contributed by atoms with van der Waals surface area (Å²) in [6.45, 7) is 0. The summed E-state index contributed by atoms with van der Waals surface area (Å²) < 4.78 is 15.3. The Labute approximate surface area is 292 Å². The highest BCUT2D eigenvalue weighted by atomic mass is 16.3. The first-order valence-electron chi connectivity index (χ1n) is 17.4. The van der Waals surface area contributed by atoms with Crippen LogP contribution in [0.3, 0.4) is 0 Å². The standard InChI is InChI=1S/C48H27NO2/c1-2-13-31-30(12-1)34-19-9-20-35(33-18-11-25-44-46(33)37-16-5-8-23-42(37)51-44)47(34)49-40-21-6-3-14-32(40)39-27-28(26-38(31)48(39)49)29-17-10-24-43-45(29)36-15-4-7-22-41(36)50-43/h1-27H. The molecule has 1 aliphatic heterocycles. The first kappa shape index (κ1) is 27.0. The molecule has 8 aromatic carbocycles. The molecular weight excluding hydrogens is 623 g/mol. The highest BCUT2D eigenvalue weighted by molar-refractivity contribution is 6.21. The van der Waals surface area contributed by atoms with Crippen LogP contribution >= 0.6 is 0 Å². The maximum absolute atomic E-state index is 6.40. The molecule has 51 heavy (non-hydrogen) atoms. The SMILES string of the molecule is c1ccc2c(c1)-c1cccc(-c3cccc4oc5ccccc5c34)c1-n1c3ccccc3c3cc(-c4cccc5oc6ccccc6c45)cc-2c31. The van der Waals surface area contributed by atoms with Gasteiger partial charge in [-0.2, -0.15) is 0 Å². The third-order valence-electron chi connectivity index (χ3n) is 10.9. The zero-order valence-corrected chi connectivity index (χ0v) is 27.4. The van der Waals surface area contributed by atoms with Gasteiger partial charge in [0.1, 0.15) is 22.3 Å². The maximum Gasteiger partial charge on any atom is 0.136 e. The summed E-state index contributed by atoms with van der Waals surface area (Å²) in [4.78, 5) is 0. The Morgan fingerprint density at radius 3 is 1.55 bits per heavy atom. The van der Waals surface area contributed by atoms with Gasteiger partial charge in [-0.1, -0.05) is 121 Å². The van der Waals surface area contributed by atoms with Crippen LogP contribution in [0.5, 0.6) is 0 Å². The van der Waals surface area contributed by atoms with Crippen LogP contribution in [0.15, 0.2) is 173 Å². The molecule has 0 saturated carbocycles. The van der Waals surface area contributed by atoms with Gasteiger partial charge in [0.2, 0.25) is 0 Å². The number of para-hydroxylation sites is 4. The van der Waals surface area contributed by atoms with Crippen LogP contribution < -0.4 is 0 Å². The average Bonchev–Trinajstić information content (AvgIpc) is 3.84. The fourth-order valence-electron chi connectivity index (χ4n) is 8.88. The van der Waals surface area contributed by atoms with E-state index < -0.39 is 0 Å². The van der Waals surface area contributed by atoms with E-state index in [1.807, 2.05) is 12.1 Å². The number of fused-ring (bicyclic) bond motifs is 14. The third kappa shape index (κ3) is 3.57. The van der Waals surface area contributed by atoms with Crippen molar-refractivity contribution in [2.75, 3.05) is 0 Å². The second kappa shape index (κ2) is 9.87. The molecule has 0 amide bonds. The highest BCUT2D eigenvalue weighted by Crippen LogP contribution is 2.52. The summed E-state index contributed by atoms with van der Waals surface area (Å²) >= 11 is 0. The van der Waals surface area contributed by atoms with Gasteiger partial charge < -0.3 is 13.4 Å². The molecule has 0 aliphatic carbocycles. The van der Waals surface area contributed by atoms with Gasteiger partial charge in [0.05, 0.1) is 16.7 Å². The van der Waals surface area contributed by atoms with E-state index in [1.54, 1.807) is 0 Å². The predicted octanol–water partition coefficient (Wildman–Crippen LogP) is 13.6. The quantitative estimate of drug-likeness (QED) is 0.187. The molecule has 3 aromatic heterocycles. The monoisotopic (exact) mass is 649 g/mol. The van der Waals surface area contributed by atoms with Gasteiger partial charge in [-0.05, 0) is 70.3 Å². The molecule has 0 saturated heterocycles. The van der Waals surface area contributed by atoms with Crippen molar-refractivity contribution >= 4 is 65.7 Å². The summed E-state index contributed by atoms with van der Waals surface area (Å²) in [6.07, 6.45) is 0. The maximum atomic E-state index is 6.40. The van der Waals surface area contributed by atoms with Gasteiger partial charge >= 0.3 is 0 Å². The molecule has 0 N–H and O–H groups in total. The van der Waals surface area contributed by atoms with Gasteiger partial charge in [-0.15, -0.1) is 0 Å². The number of benzene rings is 8. The van der Waals surface area contributed by atoms with Gasteiger partial charge in [-0.3, -0.25) is 0 Å². The average molecular weight is 650 g/mol. The molecule has 0 atom stereocenters. The van der Waals surface area contributed by atoms with Crippen molar-refractivity contribution in [2.24, 2.45) is 0 Å². The number of nitrogens with zero attached hydrogens (tertiary/aromatic N) is 1. The first-order chi connectivity index (χ1) is 25.3. The van der Waals surface area contributed by atoms with Crippen molar-refractivity contribution in [3.05, 3.63) is 164 Å². The second-order valence-electron chi connectivity index (χ2n) is 13.6. The predicted molar refractivity (Wildman–Crippen MR) is 211 cm³/mol. The molecule has 4 heterocycles. The second-order valence-corrected chi connectivity index (χ2v) is 13.6. The van der Waals surface area contributed by atoms with E-state index in [2.05, 4.69) is 156 Å². The third-order valence-corrected chi connectivity index (χ3v) is 10.9. The van der Waals surface area contributed by atoms with Crippen molar-refractivity contribution in [1.29, 1.82) is 0 Å². The molecule has 3 heteroatoms. The van der Waals surface area contributed by atoms with Gasteiger partial charge in [0.15, 0.2) is 0 Å². The van der Waals surface area contributed by atoms with E-state index in [0.29, 0.717) is 0 Å². The first-order valence-corrected chi connectivity index (χ1v) is 17.4. The van der Waals surface area contributed by atoms with Crippen LogP contribution in [0.1, 0.15) is 0 Å². The van der Waals surface area contributed by atoms with E-state index in [1.165, 1.54) is 66.4 Å². The van der Waals surface area contributed by atoms with Crippen LogP contribution in [-0.2, 0) is 0 Å². The lowest BCUT2D eigenvalue weighted by Gasteiger charge is -2.18. The van der Waals surface area contributed by atoms with Gasteiger partial charge in [0.25, 0.3) is 0 Å². The molecule has 12 rings (SSSR count). The minimum absolute atomic E-state index is 0.897. The Balaban J connectivity index is 1.25. The minimum Gasteiger partial charge on any atom is -0.456 e. The highest BCUT2D eigenvalue weighted by Gasteiger charge is 2.28. The largest absolute Gasteiger partial charge is 0.456 e. The normalized spacial score (nSPS) is 12.3. The fourth-order valence-corrected chi connectivity index (χ4v) is 8.88. The van der Waals surface area contributed by atoms with Crippen molar-refractivity contribution in [2.45, 2.75) is 0 Å². The molecule has 0 unspecified atom stereocenters. The van der Waals surface area contributed by atoms with E-state index in [4.69, 9.17) is 8.83 Å². The number of rotatable bonds is 2. The van der Waals surface area contributed by atoms with Crippen LogP contribution in [0.2, 0.25) is 0 Å². The summed E-state index contributed by atoms with van der Waals surface area (Å²) in [5.41, 5.74) is 16.7. The van der Waals surface area contributed by atoms with Crippen molar-refractivity contribution < 1.29 is 8.83 Å². The lowest BCUT2D eigenvalue weighted by molar-refractivity contribution is 0.668. The van der Waals surface area contributed by atoms with Crippen LogP contribution in [0.4, 0.5) is 0 Å². The Morgan fingerprint density at radius 1 is 0.333 bits per heavy atom. The number of aromatic nitrogens is 1. The molecule has 11 aromatic rings. The molecule has 0 fully saturated rings. The lowest BCUT2D eigenvalue weighted by atomic mass is 9.89. The number of hydrogen-bond donors (Lipinski definition) is 0. The molecular formula is C48H27NO2. The van der Waals surface area contributed by atoms with Crippen molar-refractivity contribution in [3.8, 4) is 50.2 Å². The van der Waals surface area contributed by atoms with Crippen LogP contribution in [-0.4, -0.2) is 4.57 Å². The summed E-state index contributed by atoms with van der Waals surface area (Å²) in [6, 6.07) is 59.0. The number of furan rings is 2. The van der Waals surface area contributed by atoms with E-state index in [9.17, 15) is 0 Å². The summed E-state index contributed by atoms with van der Waals surface area (Å²) in [5.74, 6) is 0. The van der Waals surface area contributed by atoms with Crippen molar-refractivity contribution in [3.63, 3.8) is 0 Å². The van der Waals surface area contributed by atoms with E-state index in [0.717, 1.165) is 49.4 Å². The van der Waals surface area contributed by atoms with E-state index >= 15 is 0 Å². The number of hydrogen-bond acceptors (Lipinski definition) is 2. The van der Waals surface area contributed by atoms with Gasteiger partial charge in [-0.25, -0.2) is 0 Å². The Bertz CT molecular complexity index is 3260. The lowest BCUT2D eigenvalue weighted by Crippen LogP contribution is -1.99. The van der Waals surface area contributed by atoms with E-state index in [-0.39, 0.29) is 0 Å². The molecule has 0 bridgehead atoms. The molecule has 0 radical (unpaired) electrons. The van der Waals surface area contributed by atoms with Crippen LogP contribution in [0.25, 0.3) is 116 Å². The Morgan fingerprint density at radius 2 is 0.824 bits per heavy atom. The Kier molecular flexibility index (Phi) is 5.23. The zero-order valence-electron chi connectivity index (χ0n) is 27.4. The van der Waals surface area contributed by atoms with Crippen LogP contribution in [0, 0.1) is 0 Å². The Hall–Kier alpha value is -6.84. The minimum atomic E-state index is 0.897. The van der Waals surface area contributed by atoms with Gasteiger partial charge in [0, 0.05) is 49.0 Å². The smallest absolute Gasteiger partial charge is 0.136 e. The zero-order chi connectivity index (χ0) is 33.2. The molecule has 236 valence electrons. The fraction of sp³-hybridized carbons (Fsp3) is 0. The molecule has 1 aliphatic rings. The topological polar surface area (TPSA) is 31.2 Å². The van der Waals surface area contributed by atoms with Crippen molar-refractivity contribution in [1.82, 2.24) is 4.57 Å². The molecule has 0 spiro atoms. The summed E-state index contributed by atoms with van der Waals surface area (Å²) in [7, 11) is 0.